The molecule has 1 amide bonds. The standard InChI is InChI=1S/C23H15BrClN3OS/c24-18-10-6-16(7-11-18)14-21-22(29)28(20-4-2-1-3-5-20)23(30-21)27-26-15-17-8-12-19(25)13-9-17/h1-15H/b21-14+,26-15+,27-23+. The largest absolute Gasteiger partial charge is 0.271 e. The first kappa shape index (κ1) is 20.6. The number of para-hydroxylation sites is 1. The number of anilines is 1. The number of benzene rings is 3. The van der Waals surface area contributed by atoms with Crippen LogP contribution in [0.25, 0.3) is 6.08 Å². The molecule has 0 atom stereocenters. The van der Waals surface area contributed by atoms with E-state index in [0.29, 0.717) is 15.1 Å². The first-order valence-corrected chi connectivity index (χ1v) is 11.0. The molecule has 0 bridgehead atoms. The quantitative estimate of drug-likeness (QED) is 0.232. The van der Waals surface area contributed by atoms with Gasteiger partial charge in [-0.1, -0.05) is 70.0 Å². The molecule has 1 aliphatic rings. The van der Waals surface area contributed by atoms with E-state index in [9.17, 15) is 4.79 Å². The Hall–Kier alpha value is -2.67. The lowest BCUT2D eigenvalue weighted by Crippen LogP contribution is -2.28. The van der Waals surface area contributed by atoms with Crippen molar-refractivity contribution in [1.82, 2.24) is 0 Å². The second-order valence-corrected chi connectivity index (χ2v) is 8.68. The summed E-state index contributed by atoms with van der Waals surface area (Å²) >= 11 is 10.6. The summed E-state index contributed by atoms with van der Waals surface area (Å²) in [5, 5.41) is 9.68. The Labute approximate surface area is 192 Å². The maximum Gasteiger partial charge on any atom is 0.271 e. The van der Waals surface area contributed by atoms with Crippen molar-refractivity contribution in [1.29, 1.82) is 0 Å². The van der Waals surface area contributed by atoms with Crippen molar-refractivity contribution in [2.24, 2.45) is 10.2 Å². The molecule has 0 aromatic heterocycles. The monoisotopic (exact) mass is 495 g/mol. The van der Waals surface area contributed by atoms with Gasteiger partial charge < -0.3 is 0 Å². The predicted octanol–water partition coefficient (Wildman–Crippen LogP) is 6.61. The zero-order chi connectivity index (χ0) is 20.9. The summed E-state index contributed by atoms with van der Waals surface area (Å²) in [5.74, 6) is -0.130. The summed E-state index contributed by atoms with van der Waals surface area (Å²) in [6.07, 6.45) is 3.49. The van der Waals surface area contributed by atoms with Crippen LogP contribution in [0.4, 0.5) is 5.69 Å². The van der Waals surface area contributed by atoms with Crippen LogP contribution in [0.5, 0.6) is 0 Å². The Balaban J connectivity index is 1.66. The van der Waals surface area contributed by atoms with Gasteiger partial charge in [-0.25, -0.2) is 0 Å². The number of thioether (sulfide) groups is 1. The minimum Gasteiger partial charge on any atom is -0.268 e. The summed E-state index contributed by atoms with van der Waals surface area (Å²) in [5.41, 5.74) is 2.55. The average Bonchev–Trinajstić information content (AvgIpc) is 3.07. The van der Waals surface area contributed by atoms with Gasteiger partial charge in [0.15, 0.2) is 0 Å². The number of hydrogen-bond acceptors (Lipinski definition) is 4. The maximum absolute atomic E-state index is 13.1. The normalized spacial score (nSPS) is 16.9. The number of carbonyl (C=O) groups is 1. The highest BCUT2D eigenvalue weighted by atomic mass is 79.9. The number of halogens is 2. The third-order valence-electron chi connectivity index (χ3n) is 4.21. The molecule has 1 fully saturated rings. The average molecular weight is 497 g/mol. The first-order valence-electron chi connectivity index (χ1n) is 9.01. The number of amidine groups is 1. The summed E-state index contributed by atoms with van der Waals surface area (Å²) in [4.78, 5) is 15.3. The molecule has 4 nitrogen and oxygen atoms in total. The smallest absolute Gasteiger partial charge is 0.268 e. The van der Waals surface area contributed by atoms with Gasteiger partial charge in [-0.15, -0.1) is 5.10 Å². The van der Waals surface area contributed by atoms with Crippen LogP contribution in [0.2, 0.25) is 5.02 Å². The lowest BCUT2D eigenvalue weighted by Gasteiger charge is -2.14. The molecule has 1 aliphatic heterocycles. The second kappa shape index (κ2) is 9.43. The zero-order valence-corrected chi connectivity index (χ0v) is 18.7. The Bertz CT molecular complexity index is 1140. The van der Waals surface area contributed by atoms with Crippen LogP contribution in [0.15, 0.2) is 98.4 Å². The van der Waals surface area contributed by atoms with Gasteiger partial charge in [0.1, 0.15) is 0 Å². The van der Waals surface area contributed by atoms with E-state index in [0.717, 1.165) is 21.3 Å². The van der Waals surface area contributed by atoms with Gasteiger partial charge >= 0.3 is 0 Å². The third-order valence-corrected chi connectivity index (χ3v) is 5.95. The molecule has 148 valence electrons. The van der Waals surface area contributed by atoms with Crippen molar-refractivity contribution in [2.75, 3.05) is 4.90 Å². The van der Waals surface area contributed by atoms with E-state index in [1.807, 2.05) is 72.8 Å². The minimum absolute atomic E-state index is 0.130. The molecule has 0 radical (unpaired) electrons. The van der Waals surface area contributed by atoms with Gasteiger partial charge in [0, 0.05) is 9.50 Å². The molecule has 0 unspecified atom stereocenters. The minimum atomic E-state index is -0.130. The molecule has 1 saturated heterocycles. The molecule has 4 rings (SSSR count). The SMILES string of the molecule is O=C1/C(=C\c2ccc(Br)cc2)S/C(=N/N=C/c2ccc(Cl)cc2)N1c1ccccc1. The van der Waals surface area contributed by atoms with Crippen LogP contribution in [0.1, 0.15) is 11.1 Å². The Morgan fingerprint density at radius 3 is 2.27 bits per heavy atom. The number of rotatable bonds is 4. The van der Waals surface area contributed by atoms with Crippen molar-refractivity contribution in [3.05, 3.63) is 104 Å². The summed E-state index contributed by atoms with van der Waals surface area (Å²) in [6.45, 7) is 0. The van der Waals surface area contributed by atoms with E-state index in [1.165, 1.54) is 11.8 Å². The Kier molecular flexibility index (Phi) is 6.47. The fourth-order valence-corrected chi connectivity index (χ4v) is 4.08. The highest BCUT2D eigenvalue weighted by molar-refractivity contribution is 9.10. The molecular formula is C23H15BrClN3OS. The van der Waals surface area contributed by atoms with Gasteiger partial charge in [-0.05, 0) is 65.4 Å². The molecule has 0 aliphatic carbocycles. The fraction of sp³-hybridized carbons (Fsp3) is 0. The number of nitrogens with zero attached hydrogens (tertiary/aromatic N) is 3. The van der Waals surface area contributed by atoms with Crippen LogP contribution >= 0.6 is 39.3 Å². The molecule has 0 N–H and O–H groups in total. The first-order chi connectivity index (χ1) is 14.6. The van der Waals surface area contributed by atoms with E-state index in [2.05, 4.69) is 26.1 Å². The van der Waals surface area contributed by atoms with E-state index >= 15 is 0 Å². The van der Waals surface area contributed by atoms with Crippen molar-refractivity contribution in [2.45, 2.75) is 0 Å². The zero-order valence-electron chi connectivity index (χ0n) is 15.6. The van der Waals surface area contributed by atoms with Crippen LogP contribution in [-0.2, 0) is 4.79 Å². The summed E-state index contributed by atoms with van der Waals surface area (Å²) in [7, 11) is 0. The highest BCUT2D eigenvalue weighted by Crippen LogP contribution is 2.36. The molecule has 0 saturated carbocycles. The van der Waals surface area contributed by atoms with E-state index in [4.69, 9.17) is 11.6 Å². The van der Waals surface area contributed by atoms with Crippen molar-refractivity contribution >= 4 is 68.3 Å². The van der Waals surface area contributed by atoms with E-state index in [-0.39, 0.29) is 5.91 Å². The van der Waals surface area contributed by atoms with Gasteiger partial charge in [-0.2, -0.15) is 5.10 Å². The van der Waals surface area contributed by atoms with Crippen molar-refractivity contribution in [3.63, 3.8) is 0 Å². The molecule has 3 aromatic carbocycles. The topological polar surface area (TPSA) is 45.0 Å². The number of amides is 1. The second-order valence-electron chi connectivity index (χ2n) is 6.32. The highest BCUT2D eigenvalue weighted by Gasteiger charge is 2.34. The molecular weight excluding hydrogens is 482 g/mol. The van der Waals surface area contributed by atoms with Crippen LogP contribution in [0, 0.1) is 0 Å². The Morgan fingerprint density at radius 2 is 1.57 bits per heavy atom. The van der Waals surface area contributed by atoms with Crippen LogP contribution < -0.4 is 4.90 Å². The molecule has 1 heterocycles. The molecule has 30 heavy (non-hydrogen) atoms. The molecule has 7 heteroatoms. The maximum atomic E-state index is 13.1. The van der Waals surface area contributed by atoms with Crippen molar-refractivity contribution in [3.8, 4) is 0 Å². The van der Waals surface area contributed by atoms with E-state index in [1.54, 1.807) is 23.2 Å². The third kappa shape index (κ3) is 4.90. The van der Waals surface area contributed by atoms with Crippen LogP contribution in [0.3, 0.4) is 0 Å². The Morgan fingerprint density at radius 1 is 0.900 bits per heavy atom. The lowest BCUT2D eigenvalue weighted by molar-refractivity contribution is -0.113. The van der Waals surface area contributed by atoms with Crippen molar-refractivity contribution < 1.29 is 4.79 Å². The summed E-state index contributed by atoms with van der Waals surface area (Å²) in [6, 6.07) is 24.5. The van der Waals surface area contributed by atoms with Gasteiger partial charge in [0.05, 0.1) is 16.8 Å². The lowest BCUT2D eigenvalue weighted by atomic mass is 10.2. The number of carbonyl (C=O) groups excluding carboxylic acids is 1. The number of hydrogen-bond donors (Lipinski definition) is 0. The fourth-order valence-electron chi connectivity index (χ4n) is 2.75. The molecule has 3 aromatic rings. The molecule has 0 spiro atoms. The van der Waals surface area contributed by atoms with Gasteiger partial charge in [0.25, 0.3) is 5.91 Å². The van der Waals surface area contributed by atoms with Gasteiger partial charge in [0.2, 0.25) is 5.17 Å². The predicted molar refractivity (Wildman–Crippen MR) is 130 cm³/mol. The summed E-state index contributed by atoms with van der Waals surface area (Å²) < 4.78 is 0.986. The van der Waals surface area contributed by atoms with Gasteiger partial charge in [-0.3, -0.25) is 9.69 Å². The van der Waals surface area contributed by atoms with E-state index < -0.39 is 0 Å². The van der Waals surface area contributed by atoms with Crippen LogP contribution in [-0.4, -0.2) is 17.3 Å².